The van der Waals surface area contributed by atoms with Gasteiger partial charge in [0.2, 0.25) is 12.3 Å². The molecule has 0 radical (unpaired) electrons. The zero-order valence-corrected chi connectivity index (χ0v) is 17.9. The highest BCUT2D eigenvalue weighted by Crippen LogP contribution is 2.36. The summed E-state index contributed by atoms with van der Waals surface area (Å²) in [5, 5.41) is 9.33. The Morgan fingerprint density at radius 3 is 2.47 bits per heavy atom. The molecule has 0 spiro atoms. The van der Waals surface area contributed by atoms with Crippen LogP contribution in [0.5, 0.6) is 11.5 Å². The number of hydrogen-bond acceptors (Lipinski definition) is 7. The van der Waals surface area contributed by atoms with Crippen LogP contribution in [0.2, 0.25) is 0 Å². The summed E-state index contributed by atoms with van der Waals surface area (Å²) >= 11 is 0.611. The molecule has 0 fully saturated rings. The van der Waals surface area contributed by atoms with Gasteiger partial charge in [0.1, 0.15) is 5.75 Å². The van der Waals surface area contributed by atoms with Gasteiger partial charge in [-0.2, -0.15) is 27.2 Å². The van der Waals surface area contributed by atoms with Gasteiger partial charge >= 0.3 is 12.1 Å². The van der Waals surface area contributed by atoms with Crippen LogP contribution in [0.4, 0.5) is 22.0 Å². The summed E-state index contributed by atoms with van der Waals surface area (Å²) in [5.74, 6) is -5.52. The highest BCUT2D eigenvalue weighted by atomic mass is 32.2. The van der Waals surface area contributed by atoms with E-state index in [-0.39, 0.29) is 11.6 Å². The van der Waals surface area contributed by atoms with Gasteiger partial charge in [-0.15, -0.1) is 0 Å². The van der Waals surface area contributed by atoms with Crippen molar-refractivity contribution in [2.24, 2.45) is 0 Å². The molecule has 0 saturated heterocycles. The highest BCUT2D eigenvalue weighted by Gasteiger charge is 2.58. The smallest absolute Gasteiger partial charge is 0.456 e. The number of nitriles is 1. The van der Waals surface area contributed by atoms with E-state index >= 15 is 0 Å². The van der Waals surface area contributed by atoms with Crippen molar-refractivity contribution in [1.82, 2.24) is 9.55 Å². The average Bonchev–Trinajstić information content (AvgIpc) is 2.72. The van der Waals surface area contributed by atoms with E-state index in [9.17, 15) is 32.0 Å². The first-order valence-electron chi connectivity index (χ1n) is 9.00. The van der Waals surface area contributed by atoms with Crippen LogP contribution in [0.15, 0.2) is 35.4 Å². The molecule has 2 aromatic heterocycles. The molecule has 0 aliphatic rings. The van der Waals surface area contributed by atoms with Crippen LogP contribution in [-0.2, 0) is 9.60 Å². The third-order valence-electron chi connectivity index (χ3n) is 4.08. The fourth-order valence-electron chi connectivity index (χ4n) is 2.18. The van der Waals surface area contributed by atoms with Gasteiger partial charge in [-0.05, 0) is 38.5 Å². The largest absolute Gasteiger partial charge is 0.487 e. The molecule has 0 atom stereocenters. The molecule has 0 saturated carbocycles. The molecule has 0 N–H and O–H groups in total. The Morgan fingerprint density at radius 2 is 1.91 bits per heavy atom. The monoisotopic (exact) mass is 479 g/mol. The summed E-state index contributed by atoms with van der Waals surface area (Å²) in [4.78, 5) is 16.6. The fraction of sp³-hybridized carbons (Fsp3) is 0.421. The van der Waals surface area contributed by atoms with E-state index in [0.29, 0.717) is 24.5 Å². The second-order valence-electron chi connectivity index (χ2n) is 6.90. The van der Waals surface area contributed by atoms with Crippen molar-refractivity contribution in [3.8, 4) is 23.4 Å². The van der Waals surface area contributed by atoms with E-state index < -0.39 is 35.4 Å². The summed E-state index contributed by atoms with van der Waals surface area (Å²) < 4.78 is 78.8. The Hall–Kier alpha value is -2.85. The molecule has 0 bridgehead atoms. The van der Waals surface area contributed by atoms with Crippen LogP contribution in [0.3, 0.4) is 0 Å². The summed E-state index contributed by atoms with van der Waals surface area (Å²) in [6, 6.07) is 5.36. The number of rotatable bonds is 9. The van der Waals surface area contributed by atoms with Gasteiger partial charge in [-0.1, -0.05) is 0 Å². The Balaban J connectivity index is 2.38. The molecule has 0 aliphatic carbocycles. The fourth-order valence-corrected chi connectivity index (χ4v) is 2.52. The first-order chi connectivity index (χ1) is 14.8. The maximum Gasteiger partial charge on any atom is 0.456 e. The molecular weight excluding hydrogens is 461 g/mol. The van der Waals surface area contributed by atoms with Crippen molar-refractivity contribution in [2.45, 2.75) is 38.3 Å². The molecule has 2 rings (SSSR count). The van der Waals surface area contributed by atoms with E-state index in [0.717, 1.165) is 22.9 Å². The van der Waals surface area contributed by atoms with Crippen LogP contribution in [0.1, 0.15) is 26.3 Å². The number of nitrogens with zero attached hydrogens (tertiary/aromatic N) is 3. The SMILES string of the molecule is CCOSOc1cc(C(C)(C)C#N)cnc1-n1ccc(OCC(F)(F)C(F)(F)F)cc1=O. The van der Waals surface area contributed by atoms with Gasteiger partial charge in [0.15, 0.2) is 18.2 Å². The second-order valence-corrected chi connectivity index (χ2v) is 7.44. The molecule has 2 aromatic rings. The molecule has 2 heterocycles. The minimum Gasteiger partial charge on any atom is -0.487 e. The Morgan fingerprint density at radius 1 is 1.22 bits per heavy atom. The molecule has 0 aromatic carbocycles. The van der Waals surface area contributed by atoms with E-state index in [2.05, 4.69) is 15.8 Å². The van der Waals surface area contributed by atoms with Crippen molar-refractivity contribution in [3.63, 3.8) is 0 Å². The normalized spacial score (nSPS) is 12.3. The Bertz CT molecular complexity index is 1050. The molecule has 7 nitrogen and oxygen atoms in total. The molecule has 0 aliphatic heterocycles. The average molecular weight is 479 g/mol. The zero-order valence-electron chi connectivity index (χ0n) is 17.1. The number of pyridine rings is 2. The lowest BCUT2D eigenvalue weighted by Crippen LogP contribution is -2.41. The molecular formula is C19H18F5N3O4S. The van der Waals surface area contributed by atoms with Crippen LogP contribution in [0, 0.1) is 11.3 Å². The zero-order chi connectivity index (χ0) is 24.2. The predicted octanol–water partition coefficient (Wildman–Crippen LogP) is 4.59. The van der Waals surface area contributed by atoms with Gasteiger partial charge < -0.3 is 8.92 Å². The van der Waals surface area contributed by atoms with Crippen LogP contribution < -0.4 is 14.5 Å². The summed E-state index contributed by atoms with van der Waals surface area (Å²) in [6.07, 6.45) is -3.34. The number of hydrogen-bond donors (Lipinski definition) is 0. The number of ether oxygens (including phenoxy) is 1. The quantitative estimate of drug-likeness (QED) is 0.295. The lowest BCUT2D eigenvalue weighted by atomic mass is 9.87. The molecule has 174 valence electrons. The van der Waals surface area contributed by atoms with Crippen LogP contribution >= 0.6 is 12.3 Å². The van der Waals surface area contributed by atoms with Gasteiger partial charge in [-0.3, -0.25) is 13.5 Å². The van der Waals surface area contributed by atoms with Gasteiger partial charge in [0.05, 0.1) is 18.1 Å². The topological polar surface area (TPSA) is 86.4 Å². The van der Waals surface area contributed by atoms with E-state index in [1.165, 1.54) is 12.3 Å². The summed E-state index contributed by atoms with van der Waals surface area (Å²) in [7, 11) is 0. The minimum atomic E-state index is -5.78. The highest BCUT2D eigenvalue weighted by molar-refractivity contribution is 7.90. The molecule has 32 heavy (non-hydrogen) atoms. The molecule has 0 amide bonds. The van der Waals surface area contributed by atoms with Gasteiger partial charge in [0, 0.05) is 18.5 Å². The molecule has 0 unspecified atom stereocenters. The van der Waals surface area contributed by atoms with Crippen molar-refractivity contribution in [3.05, 3.63) is 46.5 Å². The first-order valence-corrected chi connectivity index (χ1v) is 9.67. The Labute approximate surface area is 184 Å². The first kappa shape index (κ1) is 25.4. The van der Waals surface area contributed by atoms with Crippen molar-refractivity contribution in [2.75, 3.05) is 13.2 Å². The lowest BCUT2D eigenvalue weighted by Gasteiger charge is -2.20. The predicted molar refractivity (Wildman–Crippen MR) is 105 cm³/mol. The van der Waals surface area contributed by atoms with Crippen LogP contribution in [-0.4, -0.2) is 34.9 Å². The van der Waals surface area contributed by atoms with E-state index in [1.54, 1.807) is 20.8 Å². The maximum atomic E-state index is 13.0. The molecule has 13 heteroatoms. The van der Waals surface area contributed by atoms with Crippen LogP contribution in [0.25, 0.3) is 5.82 Å². The number of alkyl halides is 5. The third-order valence-corrected chi connectivity index (χ3v) is 4.66. The summed E-state index contributed by atoms with van der Waals surface area (Å²) in [5.41, 5.74) is -1.27. The minimum absolute atomic E-state index is 0.0214. The van der Waals surface area contributed by atoms with E-state index in [4.69, 9.17) is 8.37 Å². The van der Waals surface area contributed by atoms with Crippen molar-refractivity contribution in [1.29, 1.82) is 5.26 Å². The lowest BCUT2D eigenvalue weighted by molar-refractivity contribution is -0.290. The second kappa shape index (κ2) is 9.74. The maximum absolute atomic E-state index is 13.0. The van der Waals surface area contributed by atoms with Crippen molar-refractivity contribution >= 4 is 12.3 Å². The van der Waals surface area contributed by atoms with Gasteiger partial charge in [-0.25, -0.2) is 4.98 Å². The third kappa shape index (κ3) is 5.89. The van der Waals surface area contributed by atoms with E-state index in [1.807, 2.05) is 0 Å². The summed E-state index contributed by atoms with van der Waals surface area (Å²) in [6.45, 7) is 3.35. The Kier molecular flexibility index (Phi) is 7.74. The van der Waals surface area contributed by atoms with Gasteiger partial charge in [0.25, 0.3) is 5.56 Å². The number of aromatic nitrogens is 2. The van der Waals surface area contributed by atoms with Crippen molar-refractivity contribution < 1.29 is 35.1 Å². The number of halogens is 5. The standard InChI is InChI=1S/C19H18F5N3O4S/c1-4-30-32-31-14-7-12(17(2,3)10-25)9-26-16(14)27-6-5-13(8-15(27)28)29-11-18(20,21)19(22,23)24/h5-9H,4,11H2,1-3H3.